The molecule has 4 nitrogen and oxygen atoms in total. The van der Waals surface area contributed by atoms with Crippen LogP contribution in [0.4, 0.5) is 0 Å². The molecule has 0 aliphatic rings. The van der Waals surface area contributed by atoms with Gasteiger partial charge in [0.25, 0.3) is 0 Å². The van der Waals surface area contributed by atoms with Crippen LogP contribution in [0, 0.1) is 0 Å². The first-order chi connectivity index (χ1) is 7.66. The molecule has 0 heterocycles. The average Bonchev–Trinajstić information content (AvgIpc) is 2.23. The molecule has 0 saturated carbocycles. The molecule has 0 radical (unpaired) electrons. The topological polar surface area (TPSA) is 44.4 Å². The monoisotopic (exact) mass is 229 g/mol. The number of unbranched alkanes of at least 4 members (excludes halogenated alkanes) is 2. The lowest BCUT2D eigenvalue weighted by Crippen LogP contribution is -2.34. The molecule has 0 atom stereocenters. The molecule has 0 aromatic rings. The third kappa shape index (κ3) is 11.5. The fourth-order valence-corrected chi connectivity index (χ4v) is 1.34. The molecule has 0 saturated heterocycles. The van der Waals surface area contributed by atoms with Gasteiger partial charge in [0.05, 0.1) is 0 Å². The van der Waals surface area contributed by atoms with E-state index in [1.807, 2.05) is 0 Å². The number of rotatable bonds is 10. The maximum atomic E-state index is 11.3. The zero-order valence-electron chi connectivity index (χ0n) is 11.0. The van der Waals surface area contributed by atoms with E-state index in [-0.39, 0.29) is 5.91 Å². The second kappa shape index (κ2) is 10.9. The maximum Gasteiger partial charge on any atom is 0.220 e. The van der Waals surface area contributed by atoms with Crippen LogP contribution in [0.2, 0.25) is 0 Å². The zero-order chi connectivity index (χ0) is 12.2. The van der Waals surface area contributed by atoms with E-state index in [4.69, 9.17) is 0 Å². The van der Waals surface area contributed by atoms with Crippen LogP contribution in [0.3, 0.4) is 0 Å². The third-order valence-electron chi connectivity index (χ3n) is 2.37. The summed E-state index contributed by atoms with van der Waals surface area (Å²) < 4.78 is 0. The Kier molecular flexibility index (Phi) is 10.5. The third-order valence-corrected chi connectivity index (χ3v) is 2.37. The molecule has 4 heteroatoms. The van der Waals surface area contributed by atoms with Gasteiger partial charge in [0, 0.05) is 32.6 Å². The molecule has 0 bridgehead atoms. The Morgan fingerprint density at radius 2 is 1.88 bits per heavy atom. The molecule has 0 fully saturated rings. The summed E-state index contributed by atoms with van der Waals surface area (Å²) in [5.41, 5.74) is 0. The van der Waals surface area contributed by atoms with Crippen LogP contribution in [0.15, 0.2) is 0 Å². The summed E-state index contributed by atoms with van der Waals surface area (Å²) in [5, 5.41) is 6.20. The smallest absolute Gasteiger partial charge is 0.220 e. The van der Waals surface area contributed by atoms with Gasteiger partial charge in [-0.3, -0.25) is 4.79 Å². The number of likely N-dealkylation sites (N-methyl/N-ethyl adjacent to an activating group) is 1. The predicted octanol–water partition coefficient (Wildman–Crippen LogP) is 0.834. The molecule has 0 aliphatic heterocycles. The maximum absolute atomic E-state index is 11.3. The van der Waals surface area contributed by atoms with Crippen molar-refractivity contribution in [2.45, 2.75) is 32.6 Å². The first-order valence-electron chi connectivity index (χ1n) is 6.29. The fourth-order valence-electron chi connectivity index (χ4n) is 1.34. The molecule has 16 heavy (non-hydrogen) atoms. The molecule has 0 spiro atoms. The molecule has 1 amide bonds. The highest BCUT2D eigenvalue weighted by Gasteiger charge is 1.98. The Hall–Kier alpha value is -0.610. The van der Waals surface area contributed by atoms with Crippen molar-refractivity contribution in [2.75, 3.05) is 40.3 Å². The van der Waals surface area contributed by atoms with Crippen LogP contribution in [0.5, 0.6) is 0 Å². The molecule has 0 aromatic heterocycles. The number of amides is 1. The van der Waals surface area contributed by atoms with Crippen LogP contribution >= 0.6 is 0 Å². The van der Waals surface area contributed by atoms with Crippen LogP contribution in [0.25, 0.3) is 0 Å². The highest BCUT2D eigenvalue weighted by molar-refractivity contribution is 5.75. The van der Waals surface area contributed by atoms with Crippen molar-refractivity contribution < 1.29 is 4.79 Å². The largest absolute Gasteiger partial charge is 0.355 e. The lowest BCUT2D eigenvalue weighted by atomic mass is 10.2. The van der Waals surface area contributed by atoms with Crippen molar-refractivity contribution in [3.63, 3.8) is 0 Å². The van der Waals surface area contributed by atoms with Crippen molar-refractivity contribution in [1.29, 1.82) is 0 Å². The van der Waals surface area contributed by atoms with Crippen LogP contribution in [-0.4, -0.2) is 51.1 Å². The Labute approximate surface area is 99.8 Å². The molecular weight excluding hydrogens is 202 g/mol. The number of nitrogens with zero attached hydrogens (tertiary/aromatic N) is 1. The highest BCUT2D eigenvalue weighted by Crippen LogP contribution is 1.97. The van der Waals surface area contributed by atoms with Gasteiger partial charge in [-0.2, -0.15) is 0 Å². The molecule has 0 aromatic carbocycles. The van der Waals surface area contributed by atoms with E-state index in [2.05, 4.69) is 36.6 Å². The van der Waals surface area contributed by atoms with Crippen molar-refractivity contribution >= 4 is 5.91 Å². The summed E-state index contributed by atoms with van der Waals surface area (Å²) in [6.07, 6.45) is 4.00. The van der Waals surface area contributed by atoms with Gasteiger partial charge in [0.1, 0.15) is 0 Å². The Balaban J connectivity index is 3.15. The summed E-state index contributed by atoms with van der Waals surface area (Å²) in [4.78, 5) is 13.4. The second-order valence-corrected chi connectivity index (χ2v) is 4.36. The van der Waals surface area contributed by atoms with Crippen molar-refractivity contribution in [3.8, 4) is 0 Å². The SMILES string of the molecule is CCCCCC(=O)NCCNCCN(C)C. The first-order valence-corrected chi connectivity index (χ1v) is 6.29. The summed E-state index contributed by atoms with van der Waals surface area (Å²) >= 11 is 0. The van der Waals surface area contributed by atoms with Crippen LogP contribution in [0.1, 0.15) is 32.6 Å². The van der Waals surface area contributed by atoms with Crippen molar-refractivity contribution in [3.05, 3.63) is 0 Å². The van der Waals surface area contributed by atoms with Gasteiger partial charge in [0.2, 0.25) is 5.91 Å². The summed E-state index contributed by atoms with van der Waals surface area (Å²) in [7, 11) is 4.11. The van der Waals surface area contributed by atoms with Gasteiger partial charge in [-0.05, 0) is 20.5 Å². The average molecular weight is 229 g/mol. The number of carbonyl (C=O) groups is 1. The number of nitrogens with one attached hydrogen (secondary N) is 2. The highest BCUT2D eigenvalue weighted by atomic mass is 16.1. The summed E-state index contributed by atoms with van der Waals surface area (Å²) in [6.45, 7) is 5.74. The van der Waals surface area contributed by atoms with Gasteiger partial charge in [-0.15, -0.1) is 0 Å². The van der Waals surface area contributed by atoms with E-state index < -0.39 is 0 Å². The zero-order valence-corrected chi connectivity index (χ0v) is 11.0. The minimum atomic E-state index is 0.183. The van der Waals surface area contributed by atoms with Crippen molar-refractivity contribution in [2.24, 2.45) is 0 Å². The van der Waals surface area contributed by atoms with Gasteiger partial charge in [0.15, 0.2) is 0 Å². The molecule has 96 valence electrons. The van der Waals surface area contributed by atoms with E-state index in [0.29, 0.717) is 6.42 Å². The minimum absolute atomic E-state index is 0.183. The number of hydrogen-bond acceptors (Lipinski definition) is 3. The standard InChI is InChI=1S/C12H27N3O/c1-4-5-6-7-12(16)14-9-8-13-10-11-15(2)3/h13H,4-11H2,1-3H3,(H,14,16). The van der Waals surface area contributed by atoms with E-state index in [1.165, 1.54) is 6.42 Å². The normalized spacial score (nSPS) is 10.8. The Bertz CT molecular complexity index is 172. The first kappa shape index (κ1) is 15.4. The van der Waals surface area contributed by atoms with Crippen LogP contribution < -0.4 is 10.6 Å². The number of hydrogen-bond donors (Lipinski definition) is 2. The Morgan fingerprint density at radius 3 is 2.50 bits per heavy atom. The van der Waals surface area contributed by atoms with E-state index >= 15 is 0 Å². The molecule has 0 rings (SSSR count). The Morgan fingerprint density at radius 1 is 1.12 bits per heavy atom. The molecule has 0 unspecified atom stereocenters. The van der Waals surface area contributed by atoms with Crippen LogP contribution in [-0.2, 0) is 4.79 Å². The molecular formula is C12H27N3O. The van der Waals surface area contributed by atoms with E-state index in [1.54, 1.807) is 0 Å². The lowest BCUT2D eigenvalue weighted by Gasteiger charge is -2.10. The summed E-state index contributed by atoms with van der Waals surface area (Å²) in [6, 6.07) is 0. The van der Waals surface area contributed by atoms with E-state index in [0.717, 1.165) is 39.0 Å². The van der Waals surface area contributed by atoms with Crippen molar-refractivity contribution in [1.82, 2.24) is 15.5 Å². The van der Waals surface area contributed by atoms with Gasteiger partial charge in [-0.1, -0.05) is 19.8 Å². The number of carbonyl (C=O) groups excluding carboxylic acids is 1. The van der Waals surface area contributed by atoms with Gasteiger partial charge in [-0.25, -0.2) is 0 Å². The predicted molar refractivity (Wildman–Crippen MR) is 68.6 cm³/mol. The fraction of sp³-hybridized carbons (Fsp3) is 0.917. The second-order valence-electron chi connectivity index (χ2n) is 4.36. The lowest BCUT2D eigenvalue weighted by molar-refractivity contribution is -0.121. The quantitative estimate of drug-likeness (QED) is 0.546. The molecule has 2 N–H and O–H groups in total. The molecule has 0 aliphatic carbocycles. The summed E-state index contributed by atoms with van der Waals surface area (Å²) in [5.74, 6) is 0.183. The van der Waals surface area contributed by atoms with Gasteiger partial charge >= 0.3 is 0 Å². The van der Waals surface area contributed by atoms with Gasteiger partial charge < -0.3 is 15.5 Å². The minimum Gasteiger partial charge on any atom is -0.355 e. The van der Waals surface area contributed by atoms with E-state index in [9.17, 15) is 4.79 Å².